The molecular weight excluding hydrogens is 170 g/mol. The highest BCUT2D eigenvalue weighted by Gasteiger charge is 2.13. The third-order valence-corrected chi connectivity index (χ3v) is 2.52. The molecule has 1 aliphatic heterocycles. The predicted molar refractivity (Wildman–Crippen MR) is 63.3 cm³/mol. The van der Waals surface area contributed by atoms with E-state index in [-0.39, 0.29) is 0 Å². The van der Waals surface area contributed by atoms with Crippen LogP contribution in [0.1, 0.15) is 33.1 Å². The lowest BCUT2D eigenvalue weighted by Gasteiger charge is -2.25. The van der Waals surface area contributed by atoms with Crippen molar-refractivity contribution < 1.29 is 0 Å². The molecule has 0 aromatic rings. The third-order valence-electron chi connectivity index (χ3n) is 2.52. The minimum absolute atomic E-state index is 0.537. The normalized spacial score (nSPS) is 27.9. The van der Waals surface area contributed by atoms with Gasteiger partial charge in [-0.25, -0.2) is 0 Å². The van der Waals surface area contributed by atoms with Gasteiger partial charge in [0.05, 0.1) is 0 Å². The van der Waals surface area contributed by atoms with Crippen LogP contribution < -0.4 is 5.32 Å². The molecule has 1 rings (SSSR count). The first-order chi connectivity index (χ1) is 6.86. The Morgan fingerprint density at radius 3 is 2.64 bits per heavy atom. The zero-order valence-corrected chi connectivity index (χ0v) is 9.24. The second kappa shape index (κ2) is 6.61. The van der Waals surface area contributed by atoms with Crippen molar-refractivity contribution in [1.29, 1.82) is 0 Å². The summed E-state index contributed by atoms with van der Waals surface area (Å²) in [5.74, 6) is 0. The van der Waals surface area contributed by atoms with E-state index in [1.807, 2.05) is 0 Å². The molecule has 0 aromatic heterocycles. The number of hydrogen-bond donors (Lipinski definition) is 1. The van der Waals surface area contributed by atoms with Gasteiger partial charge in [0.2, 0.25) is 0 Å². The van der Waals surface area contributed by atoms with Gasteiger partial charge >= 0.3 is 0 Å². The first-order valence-electron chi connectivity index (χ1n) is 5.51. The molecule has 0 fully saturated rings. The Labute approximate surface area is 87.6 Å². The lowest BCUT2D eigenvalue weighted by Crippen LogP contribution is -2.38. The maximum Gasteiger partial charge on any atom is 0.0287 e. The zero-order valence-electron chi connectivity index (χ0n) is 9.24. The molecule has 1 aliphatic rings. The van der Waals surface area contributed by atoms with Crippen LogP contribution in [0.3, 0.4) is 0 Å². The van der Waals surface area contributed by atoms with Crippen LogP contribution in [0.25, 0.3) is 0 Å². The summed E-state index contributed by atoms with van der Waals surface area (Å²) >= 11 is 0. The van der Waals surface area contributed by atoms with Gasteiger partial charge in [-0.1, -0.05) is 36.5 Å². The molecule has 0 unspecified atom stereocenters. The summed E-state index contributed by atoms with van der Waals surface area (Å²) in [5, 5.41) is 3.63. The second-order valence-electron chi connectivity index (χ2n) is 3.74. The van der Waals surface area contributed by atoms with E-state index >= 15 is 0 Å². The predicted octanol–water partition coefficient (Wildman–Crippen LogP) is 3.21. The van der Waals surface area contributed by atoms with Gasteiger partial charge in [-0.15, -0.1) is 0 Å². The summed E-state index contributed by atoms with van der Waals surface area (Å²) in [6.45, 7) is 4.15. The Hall–Kier alpha value is -0.820. The molecule has 0 aliphatic carbocycles. The van der Waals surface area contributed by atoms with Crippen molar-refractivity contribution in [1.82, 2.24) is 5.32 Å². The van der Waals surface area contributed by atoms with Gasteiger partial charge < -0.3 is 5.32 Å². The highest BCUT2D eigenvalue weighted by atomic mass is 14.9. The minimum atomic E-state index is 0.537. The molecule has 0 aromatic carbocycles. The summed E-state index contributed by atoms with van der Waals surface area (Å²) in [5.41, 5.74) is 0. The molecule has 0 spiro atoms. The Morgan fingerprint density at radius 2 is 1.93 bits per heavy atom. The van der Waals surface area contributed by atoms with Crippen molar-refractivity contribution in [3.63, 3.8) is 0 Å². The lowest BCUT2D eigenvalue weighted by atomic mass is 10.0. The van der Waals surface area contributed by atoms with E-state index in [1.54, 1.807) is 0 Å². The molecule has 0 radical (unpaired) electrons. The first-order valence-corrected chi connectivity index (χ1v) is 5.51. The number of nitrogens with one attached hydrogen (secondary N) is 1. The van der Waals surface area contributed by atoms with Crippen LogP contribution in [-0.4, -0.2) is 12.1 Å². The quantitative estimate of drug-likeness (QED) is 0.673. The van der Waals surface area contributed by atoms with Crippen LogP contribution in [-0.2, 0) is 0 Å². The largest absolute Gasteiger partial charge is 0.307 e. The van der Waals surface area contributed by atoms with E-state index in [9.17, 15) is 0 Å². The van der Waals surface area contributed by atoms with Crippen LogP contribution in [0, 0.1) is 0 Å². The SMILES string of the molecule is C/C=C/C[C@H]1CC=C[C@H](C/C=C/C)N1. The second-order valence-corrected chi connectivity index (χ2v) is 3.74. The molecule has 1 nitrogen and oxygen atoms in total. The number of allylic oxidation sites excluding steroid dienone is 2. The summed E-state index contributed by atoms with van der Waals surface area (Å²) in [7, 11) is 0. The molecule has 0 saturated heterocycles. The van der Waals surface area contributed by atoms with E-state index in [4.69, 9.17) is 0 Å². The van der Waals surface area contributed by atoms with Crippen molar-refractivity contribution in [3.05, 3.63) is 36.5 Å². The standard InChI is InChI=1S/C13H21N/c1-3-5-8-12-10-7-11-13(14-12)9-6-4-2/h3-7,10,12-14H,8-9,11H2,1-2H3/b5-3+,6-4+/t12-,13-/m0/s1. The summed E-state index contributed by atoms with van der Waals surface area (Å²) in [6.07, 6.45) is 16.7. The molecule has 0 saturated carbocycles. The van der Waals surface area contributed by atoms with Crippen LogP contribution in [0.15, 0.2) is 36.5 Å². The summed E-state index contributed by atoms with van der Waals surface area (Å²) < 4.78 is 0. The average Bonchev–Trinajstić information content (AvgIpc) is 2.24. The molecule has 2 atom stereocenters. The number of rotatable bonds is 4. The van der Waals surface area contributed by atoms with E-state index in [0.29, 0.717) is 12.1 Å². The van der Waals surface area contributed by atoms with Gasteiger partial charge in [0.25, 0.3) is 0 Å². The molecule has 1 heteroatoms. The van der Waals surface area contributed by atoms with Crippen molar-refractivity contribution in [2.75, 3.05) is 0 Å². The fraction of sp³-hybridized carbons (Fsp3) is 0.538. The van der Waals surface area contributed by atoms with Crippen LogP contribution in [0.2, 0.25) is 0 Å². The molecule has 1 heterocycles. The minimum Gasteiger partial charge on any atom is -0.307 e. The summed E-state index contributed by atoms with van der Waals surface area (Å²) in [6, 6.07) is 1.17. The van der Waals surface area contributed by atoms with Gasteiger partial charge in [0, 0.05) is 12.1 Å². The maximum atomic E-state index is 3.63. The van der Waals surface area contributed by atoms with Crippen LogP contribution in [0.5, 0.6) is 0 Å². The molecule has 14 heavy (non-hydrogen) atoms. The van der Waals surface area contributed by atoms with Crippen LogP contribution >= 0.6 is 0 Å². The molecule has 1 N–H and O–H groups in total. The van der Waals surface area contributed by atoms with Gasteiger partial charge in [-0.2, -0.15) is 0 Å². The monoisotopic (exact) mass is 191 g/mol. The van der Waals surface area contributed by atoms with E-state index in [0.717, 1.165) is 19.3 Å². The zero-order chi connectivity index (χ0) is 10.2. The lowest BCUT2D eigenvalue weighted by molar-refractivity contribution is 0.455. The van der Waals surface area contributed by atoms with E-state index < -0.39 is 0 Å². The Kier molecular flexibility index (Phi) is 5.31. The molecule has 0 bridgehead atoms. The highest BCUT2D eigenvalue weighted by molar-refractivity contribution is 5.05. The topological polar surface area (TPSA) is 12.0 Å². The fourth-order valence-corrected chi connectivity index (χ4v) is 1.73. The van der Waals surface area contributed by atoms with Gasteiger partial charge in [0.15, 0.2) is 0 Å². The van der Waals surface area contributed by atoms with E-state index in [1.165, 1.54) is 0 Å². The maximum absolute atomic E-state index is 3.63. The van der Waals surface area contributed by atoms with Gasteiger partial charge in [-0.05, 0) is 33.1 Å². The molecular formula is C13H21N. The van der Waals surface area contributed by atoms with Crippen molar-refractivity contribution in [2.24, 2.45) is 0 Å². The smallest absolute Gasteiger partial charge is 0.0287 e. The Bertz CT molecular complexity index is 225. The van der Waals surface area contributed by atoms with Gasteiger partial charge in [0.1, 0.15) is 0 Å². The first kappa shape index (κ1) is 11.3. The van der Waals surface area contributed by atoms with E-state index in [2.05, 4.69) is 55.6 Å². The molecule has 78 valence electrons. The number of hydrogen-bond acceptors (Lipinski definition) is 1. The van der Waals surface area contributed by atoms with Crippen LogP contribution in [0.4, 0.5) is 0 Å². The Balaban J connectivity index is 2.35. The summed E-state index contributed by atoms with van der Waals surface area (Å²) in [4.78, 5) is 0. The fourth-order valence-electron chi connectivity index (χ4n) is 1.73. The van der Waals surface area contributed by atoms with Crippen molar-refractivity contribution >= 4 is 0 Å². The third kappa shape index (κ3) is 3.93. The average molecular weight is 191 g/mol. The van der Waals surface area contributed by atoms with Crippen molar-refractivity contribution in [2.45, 2.75) is 45.2 Å². The van der Waals surface area contributed by atoms with Gasteiger partial charge in [-0.3, -0.25) is 0 Å². The van der Waals surface area contributed by atoms with Crippen molar-refractivity contribution in [3.8, 4) is 0 Å². The highest BCUT2D eigenvalue weighted by Crippen LogP contribution is 2.11. The Morgan fingerprint density at radius 1 is 1.21 bits per heavy atom. The molecule has 0 amide bonds.